The monoisotopic (exact) mass is 387 g/mol. The van der Waals surface area contributed by atoms with Crippen molar-refractivity contribution in [2.45, 2.75) is 31.0 Å². The molecule has 4 atom stereocenters. The van der Waals surface area contributed by atoms with Crippen LogP contribution in [-0.2, 0) is 19.2 Å². The zero-order chi connectivity index (χ0) is 19.4. The molecule has 1 aliphatic carbocycles. The molecule has 9 heteroatoms. The third kappa shape index (κ3) is 2.35. The smallest absolute Gasteiger partial charge is 0.344 e. The summed E-state index contributed by atoms with van der Waals surface area (Å²) in [7, 11) is 1.56. The molecule has 0 radical (unpaired) electrons. The van der Waals surface area contributed by atoms with Crippen LogP contribution in [-0.4, -0.2) is 42.8 Å². The Morgan fingerprint density at radius 1 is 1.39 bits per heavy atom. The Morgan fingerprint density at radius 3 is 3.04 bits per heavy atom. The van der Waals surface area contributed by atoms with Crippen LogP contribution >= 0.6 is 0 Å². The summed E-state index contributed by atoms with van der Waals surface area (Å²) in [5.74, 6) is -0.895. The van der Waals surface area contributed by atoms with Crippen LogP contribution in [0, 0.1) is 5.92 Å². The molecular weight excluding hydrogens is 370 g/mol. The van der Waals surface area contributed by atoms with Gasteiger partial charge in [0.2, 0.25) is 6.61 Å². The lowest BCUT2D eigenvalue weighted by atomic mass is 9.82. The van der Waals surface area contributed by atoms with Crippen molar-refractivity contribution in [1.82, 2.24) is 0 Å². The number of carbonyl (C=O) groups excluding carboxylic acids is 1. The molecule has 0 amide bonds. The molecule has 4 aliphatic rings. The summed E-state index contributed by atoms with van der Waals surface area (Å²) in [5, 5.41) is 12.6. The van der Waals surface area contributed by atoms with Crippen molar-refractivity contribution in [1.29, 1.82) is 0 Å². The first-order chi connectivity index (χ1) is 13.6. The molecule has 146 valence electrons. The fraction of sp³-hybridized carbons (Fsp3) is 0.421. The normalized spacial score (nSPS) is 29.9. The van der Waals surface area contributed by atoms with Crippen LogP contribution in [0.1, 0.15) is 35.8 Å². The van der Waals surface area contributed by atoms with Crippen molar-refractivity contribution >= 4 is 17.7 Å². The first kappa shape index (κ1) is 16.9. The maximum Gasteiger partial charge on any atom is 0.344 e. The minimum atomic E-state index is -1.13. The minimum Gasteiger partial charge on any atom is -0.496 e. The molecule has 1 aromatic carbocycles. The quantitative estimate of drug-likeness (QED) is 0.474. The number of oxime groups is 1. The van der Waals surface area contributed by atoms with E-state index in [1.165, 1.54) is 0 Å². The summed E-state index contributed by atoms with van der Waals surface area (Å²) in [6.45, 7) is -0.559. The van der Waals surface area contributed by atoms with Crippen LogP contribution in [0.4, 0.5) is 0 Å². The van der Waals surface area contributed by atoms with Gasteiger partial charge in [0.25, 0.3) is 6.29 Å². The Bertz CT molecular complexity index is 936. The number of carbonyl (C=O) groups is 2. The van der Waals surface area contributed by atoms with Gasteiger partial charge in [-0.05, 0) is 18.9 Å². The number of nitrogens with zero attached hydrogens (tertiary/aromatic N) is 1. The highest BCUT2D eigenvalue weighted by Gasteiger charge is 2.51. The van der Waals surface area contributed by atoms with Crippen LogP contribution < -0.4 is 14.2 Å². The van der Waals surface area contributed by atoms with E-state index in [1.807, 2.05) is 6.08 Å². The van der Waals surface area contributed by atoms with Gasteiger partial charge in [0.1, 0.15) is 23.2 Å². The SMILES string of the molecule is COc1cc2c(c3c1C1CC/C(=N\OCC(=O)O)C1C(=O)O3)C1C=COC1O2. The summed E-state index contributed by atoms with van der Waals surface area (Å²) >= 11 is 0. The van der Waals surface area contributed by atoms with Crippen LogP contribution in [0.25, 0.3) is 0 Å². The third-order valence-electron chi connectivity index (χ3n) is 5.54. The molecule has 9 nitrogen and oxygen atoms in total. The number of methoxy groups -OCH3 is 1. The fourth-order valence-corrected chi connectivity index (χ4v) is 4.43. The van der Waals surface area contributed by atoms with Crippen molar-refractivity contribution in [2.24, 2.45) is 11.1 Å². The number of carboxylic acids is 1. The second-order valence-electron chi connectivity index (χ2n) is 7.00. The van der Waals surface area contributed by atoms with Crippen LogP contribution in [0.3, 0.4) is 0 Å². The maximum absolute atomic E-state index is 12.8. The summed E-state index contributed by atoms with van der Waals surface area (Å²) in [6.07, 6.45) is 4.16. The zero-order valence-electron chi connectivity index (χ0n) is 14.9. The van der Waals surface area contributed by atoms with Crippen LogP contribution in [0.15, 0.2) is 23.6 Å². The fourth-order valence-electron chi connectivity index (χ4n) is 4.43. The molecule has 28 heavy (non-hydrogen) atoms. The number of hydrogen-bond acceptors (Lipinski definition) is 8. The number of rotatable bonds is 4. The van der Waals surface area contributed by atoms with Crippen molar-refractivity contribution in [3.05, 3.63) is 29.5 Å². The number of carboxylic acid groups (broad SMARTS) is 1. The molecule has 0 bridgehead atoms. The highest BCUT2D eigenvalue weighted by Crippen LogP contribution is 2.58. The topological polar surface area (TPSA) is 113 Å². The van der Waals surface area contributed by atoms with E-state index in [1.54, 1.807) is 19.4 Å². The number of ether oxygens (including phenoxy) is 4. The van der Waals surface area contributed by atoms with Gasteiger partial charge in [-0.25, -0.2) is 4.79 Å². The van der Waals surface area contributed by atoms with E-state index < -0.39 is 30.8 Å². The average Bonchev–Trinajstić information content (AvgIpc) is 3.34. The summed E-state index contributed by atoms with van der Waals surface area (Å²) in [6, 6.07) is 1.80. The number of hydrogen-bond donors (Lipinski definition) is 1. The minimum absolute atomic E-state index is 0.146. The van der Waals surface area contributed by atoms with Gasteiger partial charge in [-0.2, -0.15) is 0 Å². The zero-order valence-corrected chi connectivity index (χ0v) is 14.9. The van der Waals surface area contributed by atoms with Gasteiger partial charge in [0.15, 0.2) is 0 Å². The molecule has 5 rings (SSSR count). The highest BCUT2D eigenvalue weighted by molar-refractivity contribution is 6.06. The Labute approximate surface area is 159 Å². The second-order valence-corrected chi connectivity index (χ2v) is 7.00. The van der Waals surface area contributed by atoms with E-state index in [9.17, 15) is 9.59 Å². The Balaban J connectivity index is 1.57. The lowest BCUT2D eigenvalue weighted by Gasteiger charge is -2.29. The molecule has 1 N–H and O–H groups in total. The van der Waals surface area contributed by atoms with E-state index in [0.29, 0.717) is 35.8 Å². The van der Waals surface area contributed by atoms with Crippen molar-refractivity contribution in [2.75, 3.05) is 13.7 Å². The maximum atomic E-state index is 12.8. The largest absolute Gasteiger partial charge is 0.496 e. The average molecular weight is 387 g/mol. The molecule has 3 heterocycles. The molecule has 1 saturated carbocycles. The first-order valence-corrected chi connectivity index (χ1v) is 8.94. The van der Waals surface area contributed by atoms with Crippen LogP contribution in [0.2, 0.25) is 0 Å². The number of esters is 1. The predicted molar refractivity (Wildman–Crippen MR) is 92.5 cm³/mol. The van der Waals surface area contributed by atoms with Gasteiger partial charge >= 0.3 is 11.9 Å². The molecule has 0 saturated heterocycles. The predicted octanol–water partition coefficient (Wildman–Crippen LogP) is 1.91. The standard InChI is InChI=1S/C19H17NO8/c1-24-11-6-12-16(9-4-5-25-19(9)27-12)17-15(11)8-2-3-10(14(8)18(23)28-17)20-26-7-13(21)22/h4-6,8-9,14,19H,2-3,7H2,1H3,(H,21,22)/b20-10+. The lowest BCUT2D eigenvalue weighted by Crippen LogP contribution is -2.33. The van der Waals surface area contributed by atoms with E-state index in [0.717, 1.165) is 11.1 Å². The van der Waals surface area contributed by atoms with Gasteiger partial charge in [-0.3, -0.25) is 4.79 Å². The molecule has 1 fully saturated rings. The molecular formula is C19H17NO8. The third-order valence-corrected chi connectivity index (χ3v) is 5.54. The van der Waals surface area contributed by atoms with E-state index in [-0.39, 0.29) is 11.8 Å². The van der Waals surface area contributed by atoms with Gasteiger partial charge in [0, 0.05) is 17.5 Å². The molecule has 4 unspecified atom stereocenters. The summed E-state index contributed by atoms with van der Waals surface area (Å²) in [5.41, 5.74) is 2.08. The van der Waals surface area contributed by atoms with E-state index >= 15 is 0 Å². The Hall–Kier alpha value is -3.23. The Kier molecular flexibility index (Phi) is 3.71. The molecule has 0 aromatic heterocycles. The summed E-state index contributed by atoms with van der Waals surface area (Å²) < 4.78 is 22.6. The van der Waals surface area contributed by atoms with Gasteiger partial charge < -0.3 is 28.9 Å². The van der Waals surface area contributed by atoms with Crippen LogP contribution in [0.5, 0.6) is 17.2 Å². The van der Waals surface area contributed by atoms with E-state index in [4.69, 9.17) is 28.9 Å². The van der Waals surface area contributed by atoms with Gasteiger partial charge in [-0.15, -0.1) is 0 Å². The van der Waals surface area contributed by atoms with Crippen molar-refractivity contribution in [3.63, 3.8) is 0 Å². The van der Waals surface area contributed by atoms with Crippen molar-refractivity contribution in [3.8, 4) is 17.2 Å². The van der Waals surface area contributed by atoms with Crippen molar-refractivity contribution < 1.29 is 38.5 Å². The molecule has 3 aliphatic heterocycles. The Morgan fingerprint density at radius 2 is 2.25 bits per heavy atom. The number of fused-ring (bicyclic) bond motifs is 7. The lowest BCUT2D eigenvalue weighted by molar-refractivity contribution is -0.142. The number of benzene rings is 1. The molecule has 0 spiro atoms. The van der Waals surface area contributed by atoms with E-state index in [2.05, 4.69) is 5.16 Å². The van der Waals surface area contributed by atoms with Gasteiger partial charge in [-0.1, -0.05) is 5.16 Å². The van der Waals surface area contributed by atoms with Gasteiger partial charge in [0.05, 0.1) is 30.6 Å². The number of aliphatic carboxylic acids is 1. The summed E-state index contributed by atoms with van der Waals surface area (Å²) in [4.78, 5) is 28.3. The first-order valence-electron chi connectivity index (χ1n) is 8.94. The second kappa shape index (κ2) is 6.15. The highest BCUT2D eigenvalue weighted by atomic mass is 16.7. The molecule has 1 aromatic rings.